The monoisotopic (exact) mass is 193 g/mol. The first-order chi connectivity index (χ1) is 6.68. The van der Waals surface area contributed by atoms with Gasteiger partial charge in [0, 0.05) is 31.4 Å². The zero-order chi connectivity index (χ0) is 10.1. The molecule has 3 N–H and O–H groups in total. The number of hydrogen-bond acceptors (Lipinski definition) is 3. The molecule has 2 heterocycles. The average Bonchev–Trinajstić information content (AvgIpc) is 2.52. The molecule has 1 aromatic rings. The smallest absolute Gasteiger partial charge is 0.251 e. The molecule has 1 saturated heterocycles. The van der Waals surface area contributed by atoms with Crippen LogP contribution in [0.3, 0.4) is 0 Å². The van der Waals surface area contributed by atoms with E-state index in [1.54, 1.807) is 10.6 Å². The van der Waals surface area contributed by atoms with Gasteiger partial charge in [-0.25, -0.2) is 0 Å². The molecule has 4 nitrogen and oxygen atoms in total. The van der Waals surface area contributed by atoms with Gasteiger partial charge < -0.3 is 15.6 Å². The molecule has 0 bridgehead atoms. The molecule has 2 atom stereocenters. The molecule has 0 aromatic carbocycles. The van der Waals surface area contributed by atoms with Crippen molar-refractivity contribution in [3.63, 3.8) is 0 Å². The summed E-state index contributed by atoms with van der Waals surface area (Å²) in [6.07, 6.45) is 1.83. The fourth-order valence-electron chi connectivity index (χ4n) is 1.85. The first kappa shape index (κ1) is 9.43. The Labute approximate surface area is 82.7 Å². The zero-order valence-corrected chi connectivity index (χ0v) is 8.23. The Hall–Kier alpha value is -1.13. The number of nitrogens with zero attached hydrogens (tertiary/aromatic N) is 1. The molecule has 0 amide bonds. The van der Waals surface area contributed by atoms with Gasteiger partial charge in [0.2, 0.25) is 0 Å². The number of hydrogen-bond donors (Lipinski definition) is 2. The van der Waals surface area contributed by atoms with Crippen LogP contribution in [0.25, 0.3) is 0 Å². The number of aromatic nitrogens is 1. The quantitative estimate of drug-likeness (QED) is 0.639. The lowest BCUT2D eigenvalue weighted by Crippen LogP contribution is -2.36. The summed E-state index contributed by atoms with van der Waals surface area (Å²) in [6.45, 7) is 3.48. The third-order valence-electron chi connectivity index (χ3n) is 2.69. The summed E-state index contributed by atoms with van der Waals surface area (Å²) in [4.78, 5) is 11.7. The molecule has 1 aromatic heterocycles. The third kappa shape index (κ3) is 1.58. The van der Waals surface area contributed by atoms with Crippen molar-refractivity contribution in [1.29, 1.82) is 0 Å². The van der Waals surface area contributed by atoms with E-state index in [2.05, 4.69) is 5.32 Å². The fraction of sp³-hybridized carbons (Fsp3) is 0.500. The summed E-state index contributed by atoms with van der Waals surface area (Å²) in [5, 5.41) is 3.18. The molecule has 0 radical (unpaired) electrons. The molecule has 14 heavy (non-hydrogen) atoms. The molecule has 0 aliphatic carbocycles. The van der Waals surface area contributed by atoms with Crippen LogP contribution in [0, 0.1) is 6.92 Å². The van der Waals surface area contributed by atoms with Crippen molar-refractivity contribution in [2.45, 2.75) is 19.0 Å². The van der Waals surface area contributed by atoms with Crippen molar-refractivity contribution >= 4 is 0 Å². The lowest BCUT2D eigenvalue weighted by Gasteiger charge is -2.17. The van der Waals surface area contributed by atoms with Gasteiger partial charge >= 0.3 is 0 Å². The lowest BCUT2D eigenvalue weighted by molar-refractivity contribution is 0.477. The van der Waals surface area contributed by atoms with E-state index in [4.69, 9.17) is 5.73 Å². The van der Waals surface area contributed by atoms with Gasteiger partial charge in [0.1, 0.15) is 0 Å². The fourth-order valence-corrected chi connectivity index (χ4v) is 1.85. The maximum atomic E-state index is 11.7. The number of pyridine rings is 1. The lowest BCUT2D eigenvalue weighted by atomic mass is 10.1. The molecule has 76 valence electrons. The summed E-state index contributed by atoms with van der Waals surface area (Å²) in [5.41, 5.74) is 6.92. The minimum atomic E-state index is 0.0363. The summed E-state index contributed by atoms with van der Waals surface area (Å²) in [5.74, 6) is 0. The molecule has 2 rings (SSSR count). The van der Waals surface area contributed by atoms with E-state index in [1.807, 2.05) is 19.2 Å². The van der Waals surface area contributed by atoms with Crippen LogP contribution in [0.5, 0.6) is 0 Å². The van der Waals surface area contributed by atoms with Crippen LogP contribution in [0.15, 0.2) is 23.1 Å². The van der Waals surface area contributed by atoms with Gasteiger partial charge in [-0.05, 0) is 18.6 Å². The zero-order valence-electron chi connectivity index (χ0n) is 8.23. The first-order valence-electron chi connectivity index (χ1n) is 4.83. The molecule has 4 heteroatoms. The molecule has 1 aliphatic heterocycles. The van der Waals surface area contributed by atoms with Crippen molar-refractivity contribution in [1.82, 2.24) is 9.88 Å². The largest absolute Gasteiger partial charge is 0.325 e. The van der Waals surface area contributed by atoms with Crippen molar-refractivity contribution in [3.8, 4) is 0 Å². The summed E-state index contributed by atoms with van der Waals surface area (Å²) in [7, 11) is 0. The normalized spacial score (nSPS) is 26.7. The Kier molecular flexibility index (Phi) is 2.39. The SMILES string of the molecule is Cc1ccn([C@H]2CNC[C@@H]2N)c(=O)c1. The highest BCUT2D eigenvalue weighted by atomic mass is 16.1. The third-order valence-corrected chi connectivity index (χ3v) is 2.69. The molecule has 0 spiro atoms. The van der Waals surface area contributed by atoms with Crippen LogP contribution in [-0.4, -0.2) is 23.7 Å². The predicted octanol–water partition coefficient (Wildman–Crippen LogP) is -0.372. The van der Waals surface area contributed by atoms with Crippen LogP contribution < -0.4 is 16.6 Å². The molecule has 0 saturated carbocycles. The number of nitrogens with one attached hydrogen (secondary N) is 1. The van der Waals surface area contributed by atoms with Gasteiger partial charge in [-0.3, -0.25) is 4.79 Å². The first-order valence-corrected chi connectivity index (χ1v) is 4.83. The van der Waals surface area contributed by atoms with Crippen molar-refractivity contribution in [2.24, 2.45) is 5.73 Å². The van der Waals surface area contributed by atoms with Crippen LogP contribution in [0.4, 0.5) is 0 Å². The highest BCUT2D eigenvalue weighted by Crippen LogP contribution is 2.11. The van der Waals surface area contributed by atoms with Gasteiger partial charge in [0.05, 0.1) is 6.04 Å². The van der Waals surface area contributed by atoms with Gasteiger partial charge in [-0.15, -0.1) is 0 Å². The summed E-state index contributed by atoms with van der Waals surface area (Å²) in [6, 6.07) is 3.72. The van der Waals surface area contributed by atoms with Gasteiger partial charge in [0.15, 0.2) is 0 Å². The second-order valence-corrected chi connectivity index (χ2v) is 3.84. The van der Waals surface area contributed by atoms with E-state index in [9.17, 15) is 4.79 Å². The Morgan fingerprint density at radius 1 is 1.57 bits per heavy atom. The van der Waals surface area contributed by atoms with E-state index >= 15 is 0 Å². The maximum absolute atomic E-state index is 11.7. The Bertz CT molecular complexity index is 385. The minimum Gasteiger partial charge on any atom is -0.325 e. The standard InChI is InChI=1S/C10H15N3O/c1-7-2-3-13(10(14)4-7)9-6-12-5-8(9)11/h2-4,8-9,12H,5-6,11H2,1H3/t8-,9-/m0/s1. The van der Waals surface area contributed by atoms with Crippen LogP contribution in [-0.2, 0) is 0 Å². The van der Waals surface area contributed by atoms with Gasteiger partial charge in [-0.2, -0.15) is 0 Å². The van der Waals surface area contributed by atoms with Crippen molar-refractivity contribution < 1.29 is 0 Å². The molecular weight excluding hydrogens is 178 g/mol. The minimum absolute atomic E-state index is 0.0363. The Balaban J connectivity index is 2.36. The molecule has 1 aliphatic rings. The Morgan fingerprint density at radius 2 is 2.36 bits per heavy atom. The average molecular weight is 193 g/mol. The van der Waals surface area contributed by atoms with Crippen molar-refractivity contribution in [2.75, 3.05) is 13.1 Å². The van der Waals surface area contributed by atoms with E-state index in [0.29, 0.717) is 0 Å². The summed E-state index contributed by atoms with van der Waals surface area (Å²) >= 11 is 0. The molecule has 0 unspecified atom stereocenters. The molecular formula is C10H15N3O. The van der Waals surface area contributed by atoms with Crippen LogP contribution in [0.2, 0.25) is 0 Å². The topological polar surface area (TPSA) is 60.1 Å². The number of rotatable bonds is 1. The number of aryl methyl sites for hydroxylation is 1. The van der Waals surface area contributed by atoms with E-state index in [-0.39, 0.29) is 17.6 Å². The van der Waals surface area contributed by atoms with Crippen molar-refractivity contribution in [3.05, 3.63) is 34.2 Å². The van der Waals surface area contributed by atoms with Gasteiger partial charge in [0.25, 0.3) is 5.56 Å². The van der Waals surface area contributed by atoms with E-state index < -0.39 is 0 Å². The predicted molar refractivity (Wildman–Crippen MR) is 55.3 cm³/mol. The maximum Gasteiger partial charge on any atom is 0.251 e. The second-order valence-electron chi connectivity index (χ2n) is 3.84. The van der Waals surface area contributed by atoms with Crippen LogP contribution in [0.1, 0.15) is 11.6 Å². The number of nitrogens with two attached hydrogens (primary N) is 1. The second kappa shape index (κ2) is 3.55. The van der Waals surface area contributed by atoms with E-state index in [1.165, 1.54) is 0 Å². The highest BCUT2D eigenvalue weighted by Gasteiger charge is 2.25. The molecule has 1 fully saturated rings. The Morgan fingerprint density at radius 3 is 2.93 bits per heavy atom. The summed E-state index contributed by atoms with van der Waals surface area (Å²) < 4.78 is 1.72. The highest BCUT2D eigenvalue weighted by molar-refractivity contribution is 5.10. The van der Waals surface area contributed by atoms with Gasteiger partial charge in [-0.1, -0.05) is 0 Å². The van der Waals surface area contributed by atoms with Crippen LogP contribution >= 0.6 is 0 Å². The van der Waals surface area contributed by atoms with E-state index in [0.717, 1.165) is 18.7 Å².